The number of thiol groups is 1. The Morgan fingerprint density at radius 2 is 0.452 bits per heavy atom. The molecule has 193 valence electrons. The Morgan fingerprint density at radius 1 is 0.387 bits per heavy atom. The fraction of sp³-hybridized carbons (Fsp3) is 1.00. The van der Waals surface area contributed by atoms with Crippen molar-refractivity contribution in [3.8, 4) is 0 Å². The molecule has 0 N–H and O–H groups in total. The van der Waals surface area contributed by atoms with Crippen molar-refractivity contribution in [2.75, 3.05) is 37.0 Å². The van der Waals surface area contributed by atoms with E-state index in [-0.39, 0.29) is 76.7 Å². The Kier molecular flexibility index (Phi) is 109. The van der Waals surface area contributed by atoms with E-state index < -0.39 is 17.0 Å². The normalized spacial score (nSPS) is 8.71. The summed E-state index contributed by atoms with van der Waals surface area (Å²) in [6, 6.07) is 0. The zero-order chi connectivity index (χ0) is 23.7. The SMILES string of the molecule is CC[P+]([S-])([S-])CC.CC[P+]([S-])([S-])CC.CC[P+]([S-])([S-])CC.[Mo+2].[Mo+2].[Mo+3].[S-][S-].[S-][S-].[S-][S-].[SH-]. The summed E-state index contributed by atoms with van der Waals surface area (Å²) < 4.78 is 0. The summed E-state index contributed by atoms with van der Waals surface area (Å²) in [7, 11) is 0. The van der Waals surface area contributed by atoms with E-state index >= 15 is 0 Å². The second-order valence-electron chi connectivity index (χ2n) is 4.34. The third-order valence-electron chi connectivity index (χ3n) is 2.89. The monoisotopic (exact) mass is 978 g/mol. The molecule has 0 aromatic carbocycles. The summed E-state index contributed by atoms with van der Waals surface area (Å²) in [5.41, 5.74) is -3.71. The van der Waals surface area contributed by atoms with Gasteiger partial charge in [-0.05, 0) is 41.5 Å². The van der Waals surface area contributed by atoms with Crippen LogP contribution in [-0.4, -0.2) is 37.0 Å². The minimum absolute atomic E-state index is 0. The molecule has 0 rings (SSSR count). The van der Waals surface area contributed by atoms with E-state index in [4.69, 9.17) is 73.5 Å². The summed E-state index contributed by atoms with van der Waals surface area (Å²) in [5.74, 6) is 0. The maximum absolute atomic E-state index is 5.07. The molecule has 0 heterocycles. The van der Waals surface area contributed by atoms with Crippen LogP contribution in [0.25, 0.3) is 0 Å². The Balaban J connectivity index is -0.0000000224. The Morgan fingerprint density at radius 3 is 0.452 bits per heavy atom. The van der Waals surface area contributed by atoms with Crippen LogP contribution in [0.3, 0.4) is 0 Å². The van der Waals surface area contributed by atoms with Crippen LogP contribution in [0.4, 0.5) is 0 Å². The van der Waals surface area contributed by atoms with Gasteiger partial charge in [-0.25, -0.2) is 17.0 Å². The summed E-state index contributed by atoms with van der Waals surface area (Å²) >= 11 is 52.4. The van der Waals surface area contributed by atoms with Crippen molar-refractivity contribution >= 4 is 174 Å². The molecule has 31 heavy (non-hydrogen) atoms. The first kappa shape index (κ1) is 66.9. The molecule has 0 saturated heterocycles. The summed E-state index contributed by atoms with van der Waals surface area (Å²) in [6.07, 6.45) is 6.22. The van der Waals surface area contributed by atoms with Gasteiger partial charge in [-0.15, -0.1) is 0 Å². The number of hydrogen-bond donors (Lipinski definition) is 0. The molecule has 1 radical (unpaired) electrons. The predicted octanol–water partition coefficient (Wildman–Crippen LogP) is 5.61. The average molecular weight is 973 g/mol. The minimum Gasteiger partial charge on any atom is -1.00 e. The molecule has 19 heteroatoms. The topological polar surface area (TPSA) is 0 Å². The van der Waals surface area contributed by atoms with E-state index in [1.54, 1.807) is 0 Å². The van der Waals surface area contributed by atoms with E-state index in [1.807, 2.05) is 0 Å². The van der Waals surface area contributed by atoms with Crippen LogP contribution < -0.4 is 0 Å². The van der Waals surface area contributed by atoms with Crippen LogP contribution in [-0.2, 0) is 220 Å². The van der Waals surface area contributed by atoms with Gasteiger partial charge in [-0.2, -0.15) is 0 Å². The largest absolute Gasteiger partial charge is 3.00 e. The molecule has 0 aromatic rings. The molecule has 0 aliphatic carbocycles. The van der Waals surface area contributed by atoms with Gasteiger partial charge in [0.05, 0.1) is 0 Å². The average Bonchev–Trinajstić information content (AvgIpc) is 2.73. The van der Waals surface area contributed by atoms with Gasteiger partial charge in [0.25, 0.3) is 0 Å². The van der Waals surface area contributed by atoms with Crippen LogP contribution in [0.1, 0.15) is 41.5 Å². The molecule has 0 bridgehead atoms. The van der Waals surface area contributed by atoms with Crippen molar-refractivity contribution in [2.45, 2.75) is 41.5 Å². The van der Waals surface area contributed by atoms with Gasteiger partial charge in [-0.3, -0.25) is 0 Å². The summed E-state index contributed by atoms with van der Waals surface area (Å²) in [5, 5.41) is 0. The van der Waals surface area contributed by atoms with Gasteiger partial charge >= 0.3 is 63.2 Å². The molecule has 0 aliphatic heterocycles. The quantitative estimate of drug-likeness (QED) is 0.107. The van der Waals surface area contributed by atoms with E-state index in [2.05, 4.69) is 112 Å². The van der Waals surface area contributed by atoms with Crippen LogP contribution in [0.15, 0.2) is 0 Å². The first-order chi connectivity index (χ1) is 12.4. The van der Waals surface area contributed by atoms with E-state index in [1.165, 1.54) is 0 Å². The van der Waals surface area contributed by atoms with Gasteiger partial charge in [0.1, 0.15) is 0 Å². The maximum atomic E-state index is 5.07. The van der Waals surface area contributed by atoms with Gasteiger partial charge in [-0.1, -0.05) is 0 Å². The van der Waals surface area contributed by atoms with Crippen molar-refractivity contribution < 1.29 is 63.2 Å². The van der Waals surface area contributed by atoms with Crippen LogP contribution in [0, 0.1) is 0 Å². The van der Waals surface area contributed by atoms with Crippen LogP contribution in [0.5, 0.6) is 0 Å². The van der Waals surface area contributed by atoms with Crippen molar-refractivity contribution in [3.63, 3.8) is 0 Å². The molecule has 0 fully saturated rings. The van der Waals surface area contributed by atoms with E-state index in [0.29, 0.717) is 0 Å². The van der Waals surface area contributed by atoms with Crippen molar-refractivity contribution in [1.82, 2.24) is 0 Å². The van der Waals surface area contributed by atoms with Gasteiger partial charge in [0.2, 0.25) is 0 Å². The molecule has 0 amide bonds. The van der Waals surface area contributed by atoms with Crippen LogP contribution >= 0.6 is 17.0 Å². The third kappa shape index (κ3) is 72.8. The smallest absolute Gasteiger partial charge is 1.00 e. The zero-order valence-electron chi connectivity index (χ0n) is 18.2. The van der Waals surface area contributed by atoms with Crippen molar-refractivity contribution in [1.29, 1.82) is 0 Å². The van der Waals surface area contributed by atoms with Crippen LogP contribution in [0.2, 0.25) is 0 Å². The summed E-state index contributed by atoms with van der Waals surface area (Å²) in [4.78, 5) is 0. The molecule has 0 nitrogen and oxygen atoms in total. The second kappa shape index (κ2) is 50.7. The molecule has 0 spiro atoms. The fourth-order valence-electron chi connectivity index (χ4n) is 0.671. The third-order valence-corrected chi connectivity index (χ3v) is 18.0. The molecule has 0 unspecified atom stereocenters. The number of rotatable bonds is 6. The van der Waals surface area contributed by atoms with E-state index in [9.17, 15) is 0 Å². The molecule has 0 aliphatic rings. The first-order valence-corrected chi connectivity index (χ1v) is 24.3. The minimum atomic E-state index is -1.24. The van der Waals surface area contributed by atoms with Crippen molar-refractivity contribution in [3.05, 3.63) is 0 Å². The van der Waals surface area contributed by atoms with Crippen molar-refractivity contribution in [2.24, 2.45) is 0 Å². The second-order valence-corrected chi connectivity index (χ2v) is 27.7. The Labute approximate surface area is 310 Å². The number of hydrogen-bond acceptors (Lipinski definition) is 13. The van der Waals surface area contributed by atoms with Gasteiger partial charge in [0.15, 0.2) is 0 Å². The standard InChI is InChI=1S/3C4H11PS2.3Mo.3S2.H2S/c3*1-3-5(6,7)4-2;;;;3*1-2;/h3*3-4H2,1-2H3,(H,6,7);;;;;;;1H2/q;;;2*+2;+3;3*-2;/p-4. The Hall–Kier alpha value is 7.90. The van der Waals surface area contributed by atoms with Gasteiger partial charge in [0, 0.05) is 37.0 Å². The molecule has 0 saturated carbocycles. The molecular formula is C12H31Mo3P3S13-3. The predicted molar refractivity (Wildman–Crippen MR) is 181 cm³/mol. The Bertz CT molecular complexity index is 205. The molecular weight excluding hydrogens is 942 g/mol. The first-order valence-electron chi connectivity index (χ1n) is 7.74. The molecule has 0 atom stereocenters. The fourth-order valence-corrected chi connectivity index (χ4v) is 2.01. The zero-order valence-corrected chi connectivity index (χ0v) is 37.6. The summed E-state index contributed by atoms with van der Waals surface area (Å²) in [6.45, 7) is 12.5. The maximum Gasteiger partial charge on any atom is 3.00 e. The van der Waals surface area contributed by atoms with Gasteiger partial charge < -0.3 is 157 Å². The molecule has 0 aromatic heterocycles. The van der Waals surface area contributed by atoms with E-state index in [0.717, 1.165) is 37.0 Å².